The Labute approximate surface area is 151 Å². The van der Waals surface area contributed by atoms with Gasteiger partial charge in [-0.05, 0) is 24.1 Å². The largest absolute Gasteiger partial charge is 0.380 e. The molecule has 1 unspecified atom stereocenters. The zero-order valence-electron chi connectivity index (χ0n) is 13.4. The molecule has 2 N–H and O–H groups in total. The molecule has 1 amide bonds. The van der Waals surface area contributed by atoms with Crippen molar-refractivity contribution < 1.29 is 13.2 Å². The van der Waals surface area contributed by atoms with Gasteiger partial charge in [0.2, 0.25) is 0 Å². The normalized spacial score (nSPS) is 18.7. The van der Waals surface area contributed by atoms with Crippen LogP contribution in [0, 0.1) is 0 Å². The van der Waals surface area contributed by atoms with Crippen molar-refractivity contribution >= 4 is 33.0 Å². The van der Waals surface area contributed by atoms with Crippen LogP contribution in [0.2, 0.25) is 5.02 Å². The molecule has 1 atom stereocenters. The van der Waals surface area contributed by atoms with Crippen molar-refractivity contribution in [2.24, 2.45) is 0 Å². The molecular weight excluding hydrogens is 362 g/mol. The molecule has 132 valence electrons. The van der Waals surface area contributed by atoms with E-state index in [1.165, 1.54) is 6.20 Å². The van der Waals surface area contributed by atoms with E-state index in [1.807, 2.05) is 18.2 Å². The zero-order chi connectivity index (χ0) is 17.9. The van der Waals surface area contributed by atoms with Crippen molar-refractivity contribution in [3.05, 3.63) is 58.9 Å². The molecule has 1 fully saturated rings. The van der Waals surface area contributed by atoms with E-state index in [9.17, 15) is 13.2 Å². The van der Waals surface area contributed by atoms with Crippen LogP contribution in [0.15, 0.2) is 42.7 Å². The summed E-state index contributed by atoms with van der Waals surface area (Å²) < 4.78 is 23.0. The number of anilines is 1. The quantitative estimate of drug-likeness (QED) is 0.831. The van der Waals surface area contributed by atoms with Crippen LogP contribution >= 0.6 is 11.6 Å². The molecule has 3 rings (SSSR count). The van der Waals surface area contributed by atoms with Gasteiger partial charge in [-0.3, -0.25) is 9.78 Å². The molecule has 25 heavy (non-hydrogen) atoms. The van der Waals surface area contributed by atoms with Gasteiger partial charge in [0.15, 0.2) is 9.84 Å². The van der Waals surface area contributed by atoms with Crippen molar-refractivity contribution in [3.8, 4) is 0 Å². The lowest BCUT2D eigenvalue weighted by Gasteiger charge is -2.13. The van der Waals surface area contributed by atoms with Crippen molar-refractivity contribution in [3.63, 3.8) is 0 Å². The lowest BCUT2D eigenvalue weighted by molar-refractivity contribution is 0.0950. The highest BCUT2D eigenvalue weighted by Gasteiger charge is 2.27. The van der Waals surface area contributed by atoms with Crippen LogP contribution in [0.1, 0.15) is 22.3 Å². The van der Waals surface area contributed by atoms with Crippen LogP contribution in [0.3, 0.4) is 0 Å². The van der Waals surface area contributed by atoms with Crippen LogP contribution in [0.4, 0.5) is 5.69 Å². The van der Waals surface area contributed by atoms with E-state index < -0.39 is 9.84 Å². The summed E-state index contributed by atoms with van der Waals surface area (Å²) in [6.07, 6.45) is 3.61. The maximum absolute atomic E-state index is 12.3. The Kier molecular flexibility index (Phi) is 5.24. The molecule has 1 saturated heterocycles. The second-order valence-corrected chi connectivity index (χ2v) is 8.62. The number of nitrogens with zero attached hydrogens (tertiary/aromatic N) is 1. The Hall–Kier alpha value is -2.12. The Morgan fingerprint density at radius 1 is 1.28 bits per heavy atom. The van der Waals surface area contributed by atoms with Gasteiger partial charge in [-0.15, -0.1) is 0 Å². The molecule has 0 bridgehead atoms. The zero-order valence-corrected chi connectivity index (χ0v) is 15.0. The van der Waals surface area contributed by atoms with Crippen LogP contribution < -0.4 is 10.6 Å². The number of amides is 1. The van der Waals surface area contributed by atoms with Gasteiger partial charge in [0.25, 0.3) is 5.91 Å². The smallest absolute Gasteiger partial charge is 0.253 e. The molecule has 1 aliphatic rings. The number of hydrogen-bond acceptors (Lipinski definition) is 5. The minimum Gasteiger partial charge on any atom is -0.380 e. The second kappa shape index (κ2) is 7.41. The predicted octanol–water partition coefficient (Wildman–Crippen LogP) is 2.26. The van der Waals surface area contributed by atoms with Gasteiger partial charge in [0, 0.05) is 30.0 Å². The van der Waals surface area contributed by atoms with E-state index >= 15 is 0 Å². The van der Waals surface area contributed by atoms with Gasteiger partial charge in [-0.1, -0.05) is 29.8 Å². The molecular formula is C17H18ClN3O3S. The van der Waals surface area contributed by atoms with Crippen molar-refractivity contribution in [2.75, 3.05) is 16.8 Å². The summed E-state index contributed by atoms with van der Waals surface area (Å²) in [5, 5.41) is 6.53. The number of sulfone groups is 1. The molecule has 2 aromatic rings. The SMILES string of the molecule is O=C(NCc1ccccc1Cl)c1cncc(NC2CCS(=O)(=O)C2)c1. The standard InChI is InChI=1S/C17H18ClN3O3S/c18-16-4-2-1-3-12(16)9-20-17(22)13-7-15(10-19-8-13)21-14-5-6-25(23,24)11-14/h1-4,7-8,10,14,21H,5-6,9,11H2,(H,20,22). The summed E-state index contributed by atoms with van der Waals surface area (Å²) in [6, 6.07) is 8.82. The molecule has 8 heteroatoms. The third kappa shape index (κ3) is 4.70. The number of carbonyl (C=O) groups is 1. The summed E-state index contributed by atoms with van der Waals surface area (Å²) in [5.74, 6) is 0.0292. The first kappa shape index (κ1) is 17.7. The fourth-order valence-electron chi connectivity index (χ4n) is 2.71. The van der Waals surface area contributed by atoms with Crippen molar-refractivity contribution in [1.82, 2.24) is 10.3 Å². The molecule has 1 aromatic heterocycles. The van der Waals surface area contributed by atoms with E-state index in [1.54, 1.807) is 18.3 Å². The Morgan fingerprint density at radius 3 is 2.80 bits per heavy atom. The van der Waals surface area contributed by atoms with Crippen LogP contribution in [-0.4, -0.2) is 36.9 Å². The Balaban J connectivity index is 1.63. The molecule has 0 spiro atoms. The average Bonchev–Trinajstić information content (AvgIpc) is 2.92. The summed E-state index contributed by atoms with van der Waals surface area (Å²) in [7, 11) is -2.96. The lowest BCUT2D eigenvalue weighted by atomic mass is 10.2. The molecule has 1 aromatic carbocycles. The third-order valence-electron chi connectivity index (χ3n) is 4.00. The van der Waals surface area contributed by atoms with Crippen LogP contribution in [0.25, 0.3) is 0 Å². The molecule has 0 radical (unpaired) electrons. The van der Waals surface area contributed by atoms with Gasteiger partial charge >= 0.3 is 0 Å². The molecule has 2 heterocycles. The lowest BCUT2D eigenvalue weighted by Crippen LogP contribution is -2.24. The van der Waals surface area contributed by atoms with Crippen molar-refractivity contribution in [1.29, 1.82) is 0 Å². The first-order valence-electron chi connectivity index (χ1n) is 7.86. The number of carbonyl (C=O) groups excluding carboxylic acids is 1. The number of aromatic nitrogens is 1. The average molecular weight is 380 g/mol. The highest BCUT2D eigenvalue weighted by atomic mass is 35.5. The number of hydrogen-bond donors (Lipinski definition) is 2. The fourth-order valence-corrected chi connectivity index (χ4v) is 4.58. The highest BCUT2D eigenvalue weighted by Crippen LogP contribution is 2.18. The van der Waals surface area contributed by atoms with Gasteiger partial charge in [-0.25, -0.2) is 8.42 Å². The summed E-state index contributed by atoms with van der Waals surface area (Å²) in [5.41, 5.74) is 1.86. The van der Waals surface area contributed by atoms with Crippen LogP contribution in [-0.2, 0) is 16.4 Å². The van der Waals surface area contributed by atoms with Gasteiger partial charge in [0.1, 0.15) is 0 Å². The fraction of sp³-hybridized carbons (Fsp3) is 0.294. The van der Waals surface area contributed by atoms with E-state index in [2.05, 4.69) is 15.6 Å². The number of nitrogens with one attached hydrogen (secondary N) is 2. The van der Waals surface area contributed by atoms with E-state index in [4.69, 9.17) is 11.6 Å². The topological polar surface area (TPSA) is 88.2 Å². The van der Waals surface area contributed by atoms with E-state index in [0.29, 0.717) is 29.2 Å². The molecule has 1 aliphatic heterocycles. The number of benzene rings is 1. The summed E-state index contributed by atoms with van der Waals surface area (Å²) in [6.45, 7) is 0.316. The Morgan fingerprint density at radius 2 is 2.08 bits per heavy atom. The molecule has 6 nitrogen and oxygen atoms in total. The van der Waals surface area contributed by atoms with E-state index in [-0.39, 0.29) is 23.5 Å². The van der Waals surface area contributed by atoms with E-state index in [0.717, 1.165) is 5.56 Å². The molecule has 0 aliphatic carbocycles. The molecule has 0 saturated carbocycles. The minimum atomic E-state index is -2.96. The maximum Gasteiger partial charge on any atom is 0.253 e. The van der Waals surface area contributed by atoms with Gasteiger partial charge in [-0.2, -0.15) is 0 Å². The summed E-state index contributed by atoms with van der Waals surface area (Å²) >= 11 is 6.07. The number of halogens is 1. The first-order valence-corrected chi connectivity index (χ1v) is 10.1. The van der Waals surface area contributed by atoms with Crippen molar-refractivity contribution in [2.45, 2.75) is 19.0 Å². The monoisotopic (exact) mass is 379 g/mol. The third-order valence-corrected chi connectivity index (χ3v) is 6.14. The second-order valence-electron chi connectivity index (χ2n) is 5.98. The first-order chi connectivity index (χ1) is 11.9. The van der Waals surface area contributed by atoms with Gasteiger partial charge < -0.3 is 10.6 Å². The predicted molar refractivity (Wildman–Crippen MR) is 97.5 cm³/mol. The van der Waals surface area contributed by atoms with Crippen LogP contribution in [0.5, 0.6) is 0 Å². The Bertz CT molecular complexity index is 886. The number of pyridine rings is 1. The van der Waals surface area contributed by atoms with Gasteiger partial charge in [0.05, 0.1) is 22.8 Å². The minimum absolute atomic E-state index is 0.107. The maximum atomic E-state index is 12.3. The highest BCUT2D eigenvalue weighted by molar-refractivity contribution is 7.91. The number of rotatable bonds is 5. The summed E-state index contributed by atoms with van der Waals surface area (Å²) in [4.78, 5) is 16.4.